The lowest BCUT2D eigenvalue weighted by molar-refractivity contribution is -0.122. The summed E-state index contributed by atoms with van der Waals surface area (Å²) in [5, 5.41) is 2.73. The lowest BCUT2D eigenvalue weighted by Crippen LogP contribution is -2.30. The van der Waals surface area contributed by atoms with Crippen molar-refractivity contribution in [1.82, 2.24) is 9.97 Å². The molecular formula is C24H28N4O4S. The zero-order chi connectivity index (χ0) is 24.2. The number of amides is 1. The van der Waals surface area contributed by atoms with Gasteiger partial charge in [-0.25, -0.2) is 23.1 Å². The lowest BCUT2D eigenvalue weighted by Gasteiger charge is -2.20. The number of benzene rings is 2. The van der Waals surface area contributed by atoms with Crippen LogP contribution in [0, 0.1) is 6.92 Å². The molecule has 0 saturated carbocycles. The van der Waals surface area contributed by atoms with Crippen LogP contribution in [-0.2, 0) is 20.2 Å². The Morgan fingerprint density at radius 3 is 2.21 bits per heavy atom. The molecule has 2 N–H and O–H groups in total. The quantitative estimate of drug-likeness (QED) is 0.535. The predicted octanol–water partition coefficient (Wildman–Crippen LogP) is 4.29. The third-order valence-electron chi connectivity index (χ3n) is 4.86. The molecule has 0 aliphatic carbocycles. The number of aromatic nitrogens is 2. The summed E-state index contributed by atoms with van der Waals surface area (Å²) in [5.74, 6) is 0.238. The van der Waals surface area contributed by atoms with E-state index in [0.717, 1.165) is 0 Å². The Hall–Kier alpha value is -3.46. The monoisotopic (exact) mass is 468 g/mol. The van der Waals surface area contributed by atoms with E-state index in [9.17, 15) is 13.2 Å². The molecule has 8 nitrogen and oxygen atoms in total. The highest BCUT2D eigenvalue weighted by atomic mass is 32.2. The Balaban J connectivity index is 1.61. The summed E-state index contributed by atoms with van der Waals surface area (Å²) in [7, 11) is -3.86. The van der Waals surface area contributed by atoms with Crippen molar-refractivity contribution in [3.8, 4) is 5.75 Å². The number of hydrogen-bond acceptors (Lipinski definition) is 6. The van der Waals surface area contributed by atoms with E-state index in [1.165, 1.54) is 36.0 Å². The molecule has 2 aromatic carbocycles. The third kappa shape index (κ3) is 6.52. The first-order valence-corrected chi connectivity index (χ1v) is 11.9. The number of rotatable bonds is 7. The molecule has 1 atom stereocenters. The Morgan fingerprint density at radius 2 is 1.64 bits per heavy atom. The van der Waals surface area contributed by atoms with Crippen molar-refractivity contribution in [2.45, 2.75) is 51.0 Å². The van der Waals surface area contributed by atoms with E-state index in [1.807, 2.05) is 24.3 Å². The second-order valence-corrected chi connectivity index (χ2v) is 10.4. The van der Waals surface area contributed by atoms with Gasteiger partial charge in [0.2, 0.25) is 5.95 Å². The summed E-state index contributed by atoms with van der Waals surface area (Å²) in [4.78, 5) is 20.5. The van der Waals surface area contributed by atoms with Gasteiger partial charge in [0.05, 0.1) is 4.90 Å². The molecule has 0 radical (unpaired) electrons. The van der Waals surface area contributed by atoms with E-state index in [2.05, 4.69) is 40.8 Å². The molecule has 3 aromatic rings. The van der Waals surface area contributed by atoms with Crippen molar-refractivity contribution >= 4 is 27.6 Å². The molecule has 174 valence electrons. The summed E-state index contributed by atoms with van der Waals surface area (Å²) in [6.45, 7) is 9.77. The van der Waals surface area contributed by atoms with Crippen LogP contribution >= 0.6 is 0 Å². The molecular weight excluding hydrogens is 440 g/mol. The maximum Gasteiger partial charge on any atom is 0.265 e. The molecule has 1 heterocycles. The molecule has 1 amide bonds. The molecule has 0 unspecified atom stereocenters. The largest absolute Gasteiger partial charge is 0.481 e. The number of carbonyl (C=O) groups is 1. The average Bonchev–Trinajstić information content (AvgIpc) is 2.73. The predicted molar refractivity (Wildman–Crippen MR) is 128 cm³/mol. The maximum absolute atomic E-state index is 12.5. The number of nitrogens with zero attached hydrogens (tertiary/aromatic N) is 2. The first-order valence-electron chi connectivity index (χ1n) is 10.4. The van der Waals surface area contributed by atoms with Crippen molar-refractivity contribution in [2.24, 2.45) is 0 Å². The minimum Gasteiger partial charge on any atom is -0.481 e. The van der Waals surface area contributed by atoms with Crippen LogP contribution in [-0.4, -0.2) is 30.4 Å². The van der Waals surface area contributed by atoms with Gasteiger partial charge in [0.25, 0.3) is 15.9 Å². The van der Waals surface area contributed by atoms with Crippen LogP contribution in [0.15, 0.2) is 65.7 Å². The van der Waals surface area contributed by atoms with Crippen LogP contribution in [0.3, 0.4) is 0 Å². The van der Waals surface area contributed by atoms with Crippen LogP contribution < -0.4 is 14.8 Å². The molecule has 1 aromatic heterocycles. The Labute approximate surface area is 194 Å². The van der Waals surface area contributed by atoms with E-state index in [-0.39, 0.29) is 22.2 Å². The Morgan fingerprint density at radius 1 is 1.00 bits per heavy atom. The normalized spacial score (nSPS) is 12.6. The number of carbonyl (C=O) groups excluding carboxylic acids is 1. The second kappa shape index (κ2) is 9.58. The van der Waals surface area contributed by atoms with Crippen LogP contribution in [0.1, 0.15) is 39.0 Å². The van der Waals surface area contributed by atoms with Gasteiger partial charge in [-0.1, -0.05) is 32.9 Å². The molecule has 0 saturated heterocycles. The SMILES string of the molecule is Cc1ccnc(NS(=O)(=O)c2ccc(NC(=O)[C@@H](C)Oc3ccc(C(C)(C)C)cc3)cc2)n1. The molecule has 33 heavy (non-hydrogen) atoms. The fourth-order valence-electron chi connectivity index (χ4n) is 2.93. The van der Waals surface area contributed by atoms with Crippen molar-refractivity contribution in [3.63, 3.8) is 0 Å². The number of aryl methyl sites for hydroxylation is 1. The lowest BCUT2D eigenvalue weighted by atomic mass is 9.87. The van der Waals surface area contributed by atoms with Crippen LogP contribution in [0.5, 0.6) is 5.75 Å². The standard InChI is InChI=1S/C24H28N4O4S/c1-16-14-15-25-23(26-16)28-33(30,31)21-12-8-19(9-13-21)27-22(29)17(2)32-20-10-6-18(7-11-20)24(3,4)5/h6-15,17H,1-5H3,(H,27,29)(H,25,26,28)/t17-/m1/s1. The zero-order valence-electron chi connectivity index (χ0n) is 19.3. The fourth-order valence-corrected chi connectivity index (χ4v) is 3.88. The maximum atomic E-state index is 12.5. The van der Waals surface area contributed by atoms with Gasteiger partial charge in [0.1, 0.15) is 5.75 Å². The number of sulfonamides is 1. The van der Waals surface area contributed by atoms with Crippen LogP contribution in [0.4, 0.5) is 11.6 Å². The van der Waals surface area contributed by atoms with Crippen molar-refractivity contribution in [1.29, 1.82) is 0 Å². The molecule has 0 fully saturated rings. The highest BCUT2D eigenvalue weighted by Gasteiger charge is 2.19. The smallest absolute Gasteiger partial charge is 0.265 e. The summed E-state index contributed by atoms with van der Waals surface area (Å²) in [6, 6.07) is 15.1. The molecule has 0 spiro atoms. The van der Waals surface area contributed by atoms with E-state index < -0.39 is 16.1 Å². The van der Waals surface area contributed by atoms with E-state index in [0.29, 0.717) is 17.1 Å². The van der Waals surface area contributed by atoms with Gasteiger partial charge < -0.3 is 10.1 Å². The molecule has 3 rings (SSSR count). The fraction of sp³-hybridized carbons (Fsp3) is 0.292. The average molecular weight is 469 g/mol. The summed E-state index contributed by atoms with van der Waals surface area (Å²) in [5.41, 5.74) is 2.29. The Kier molecular flexibility index (Phi) is 7.02. The van der Waals surface area contributed by atoms with Gasteiger partial charge in [-0.3, -0.25) is 4.79 Å². The van der Waals surface area contributed by atoms with Crippen molar-refractivity contribution in [2.75, 3.05) is 10.0 Å². The number of ether oxygens (including phenoxy) is 1. The summed E-state index contributed by atoms with van der Waals surface area (Å²) < 4.78 is 33.2. The van der Waals surface area contributed by atoms with Gasteiger partial charge >= 0.3 is 0 Å². The summed E-state index contributed by atoms with van der Waals surface area (Å²) >= 11 is 0. The van der Waals surface area contributed by atoms with E-state index in [4.69, 9.17) is 4.74 Å². The highest BCUT2D eigenvalue weighted by molar-refractivity contribution is 7.92. The molecule has 9 heteroatoms. The van der Waals surface area contributed by atoms with Gasteiger partial charge in [-0.15, -0.1) is 0 Å². The van der Waals surface area contributed by atoms with Gasteiger partial charge in [-0.2, -0.15) is 0 Å². The van der Waals surface area contributed by atoms with Gasteiger partial charge in [0, 0.05) is 17.6 Å². The van der Waals surface area contributed by atoms with Crippen molar-refractivity contribution < 1.29 is 17.9 Å². The third-order valence-corrected chi connectivity index (χ3v) is 6.20. The van der Waals surface area contributed by atoms with E-state index in [1.54, 1.807) is 19.9 Å². The molecule has 0 aliphatic heterocycles. The van der Waals surface area contributed by atoms with Crippen molar-refractivity contribution in [3.05, 3.63) is 72.1 Å². The van der Waals surface area contributed by atoms with E-state index >= 15 is 0 Å². The topological polar surface area (TPSA) is 110 Å². The second-order valence-electron chi connectivity index (χ2n) is 8.68. The Bertz CT molecular complexity index is 1220. The number of hydrogen-bond donors (Lipinski definition) is 2. The number of anilines is 2. The number of nitrogens with one attached hydrogen (secondary N) is 2. The van der Waals surface area contributed by atoms with Gasteiger partial charge in [-0.05, 0) is 67.3 Å². The van der Waals surface area contributed by atoms with Crippen LogP contribution in [0.2, 0.25) is 0 Å². The summed E-state index contributed by atoms with van der Waals surface area (Å²) in [6.07, 6.45) is 0.732. The highest BCUT2D eigenvalue weighted by Crippen LogP contribution is 2.25. The van der Waals surface area contributed by atoms with Gasteiger partial charge in [0.15, 0.2) is 6.10 Å². The zero-order valence-corrected chi connectivity index (χ0v) is 20.1. The first kappa shape index (κ1) is 24.2. The molecule has 0 aliphatic rings. The van der Waals surface area contributed by atoms with Crippen LogP contribution in [0.25, 0.3) is 0 Å². The molecule has 0 bridgehead atoms. The minimum atomic E-state index is -3.86. The first-order chi connectivity index (χ1) is 15.4. The minimum absolute atomic E-state index is 0.00566.